The largest absolute Gasteiger partial charge is 0.315 e. The van der Waals surface area contributed by atoms with E-state index in [0.29, 0.717) is 0 Å². The second kappa shape index (κ2) is 8.28. The van der Waals surface area contributed by atoms with Crippen LogP contribution < -0.4 is 5.32 Å². The molecule has 0 amide bonds. The summed E-state index contributed by atoms with van der Waals surface area (Å²) in [6.45, 7) is 0.479. The van der Waals surface area contributed by atoms with Crippen LogP contribution in [0.15, 0.2) is 0 Å². The predicted octanol–water partition coefficient (Wildman–Crippen LogP) is -1.22. The molecule has 0 aromatic rings. The molecule has 0 atom stereocenters. The number of hydrogen-bond donors (Lipinski definition) is 1. The molecule has 0 spiro atoms. The van der Waals surface area contributed by atoms with Crippen LogP contribution in [0.5, 0.6) is 0 Å². The van der Waals surface area contributed by atoms with Gasteiger partial charge in [0.1, 0.15) is 0 Å². The molecular weight excluding hydrogens is 302 g/mol. The first-order valence-corrected chi connectivity index (χ1v) is 8.32. The Kier molecular flexibility index (Phi) is 9.38. The molecule has 0 aromatic heterocycles. The third kappa shape index (κ3) is 7.49. The Bertz CT molecular complexity index is 380. The highest BCUT2D eigenvalue weighted by Crippen LogP contribution is 1.94. The molecule has 0 aliphatic heterocycles. The second-order valence-corrected chi connectivity index (χ2v) is 8.55. The van der Waals surface area contributed by atoms with Crippen molar-refractivity contribution in [3.8, 4) is 0 Å². The van der Waals surface area contributed by atoms with Gasteiger partial charge in [-0.2, -0.15) is 0 Å². The average molecular weight is 324 g/mol. The lowest BCUT2D eigenvalue weighted by Gasteiger charge is -2.13. The normalized spacial score (nSPS) is 12.8. The van der Waals surface area contributed by atoms with Crippen molar-refractivity contribution >= 4 is 32.5 Å². The minimum absolute atomic E-state index is 0. The summed E-state index contributed by atoms with van der Waals surface area (Å²) in [6.07, 6.45) is 0. The van der Waals surface area contributed by atoms with Gasteiger partial charge in [-0.3, -0.25) is 0 Å². The lowest BCUT2D eigenvalue weighted by atomic mass is 10.7. The minimum Gasteiger partial charge on any atom is -0.315 e. The van der Waals surface area contributed by atoms with Crippen molar-refractivity contribution in [3.63, 3.8) is 0 Å². The fraction of sp³-hybridized carbons (Fsp3) is 1.00. The van der Waals surface area contributed by atoms with Crippen LogP contribution in [0.2, 0.25) is 0 Å². The van der Waals surface area contributed by atoms with Crippen molar-refractivity contribution in [1.82, 2.24) is 13.9 Å². The number of sulfonamides is 2. The van der Waals surface area contributed by atoms with Crippen molar-refractivity contribution in [1.29, 1.82) is 0 Å². The minimum atomic E-state index is -3.22. The summed E-state index contributed by atoms with van der Waals surface area (Å²) in [5.74, 6) is -0.0793. The summed E-state index contributed by atoms with van der Waals surface area (Å²) in [6, 6.07) is 0. The lowest BCUT2D eigenvalue weighted by Crippen LogP contribution is -2.35. The molecule has 0 fully saturated rings. The zero-order valence-electron chi connectivity index (χ0n) is 11.1. The van der Waals surface area contributed by atoms with Crippen molar-refractivity contribution in [2.75, 3.05) is 52.8 Å². The van der Waals surface area contributed by atoms with Crippen LogP contribution in [0.3, 0.4) is 0 Å². The topological polar surface area (TPSA) is 86.8 Å². The van der Waals surface area contributed by atoms with Crippen molar-refractivity contribution in [2.24, 2.45) is 0 Å². The molecule has 0 aliphatic carbocycles. The molecule has 0 heterocycles. The molecule has 0 aromatic carbocycles. The predicted molar refractivity (Wildman–Crippen MR) is 75.1 cm³/mol. The van der Waals surface area contributed by atoms with Crippen LogP contribution in [0.4, 0.5) is 0 Å². The molecular formula is C8H22ClN3O4S2. The van der Waals surface area contributed by atoms with E-state index in [9.17, 15) is 16.8 Å². The quantitative estimate of drug-likeness (QED) is 0.566. The molecule has 0 aliphatic rings. The Morgan fingerprint density at radius 1 is 0.778 bits per heavy atom. The standard InChI is InChI=1S/C8H21N3O4S2.ClH/c1-10(2)16(12,13)7-5-9-6-8-17(14,15)11(3)4;/h9H,5-8H2,1-4H3;1H. The van der Waals surface area contributed by atoms with Crippen LogP contribution in [0.25, 0.3) is 0 Å². The summed E-state index contributed by atoms with van der Waals surface area (Å²) in [5, 5.41) is 2.80. The van der Waals surface area contributed by atoms with Gasteiger partial charge in [-0.05, 0) is 0 Å². The highest BCUT2D eigenvalue weighted by atomic mass is 35.5. The van der Waals surface area contributed by atoms with Gasteiger partial charge < -0.3 is 5.32 Å². The first kappa shape index (κ1) is 20.4. The van der Waals surface area contributed by atoms with E-state index >= 15 is 0 Å². The summed E-state index contributed by atoms with van der Waals surface area (Å²) in [5.41, 5.74) is 0. The second-order valence-electron chi connectivity index (χ2n) is 3.95. The van der Waals surface area contributed by atoms with Gasteiger partial charge in [-0.25, -0.2) is 25.4 Å². The van der Waals surface area contributed by atoms with Gasteiger partial charge >= 0.3 is 0 Å². The maximum absolute atomic E-state index is 11.4. The van der Waals surface area contributed by atoms with Gasteiger partial charge in [0.25, 0.3) is 0 Å². The summed E-state index contributed by atoms with van der Waals surface area (Å²) in [4.78, 5) is 0. The van der Waals surface area contributed by atoms with E-state index in [0.717, 1.165) is 8.61 Å². The van der Waals surface area contributed by atoms with Crippen LogP contribution in [-0.2, 0) is 20.0 Å². The van der Waals surface area contributed by atoms with Crippen molar-refractivity contribution in [3.05, 3.63) is 0 Å². The molecule has 7 nitrogen and oxygen atoms in total. The van der Waals surface area contributed by atoms with Crippen LogP contribution in [-0.4, -0.2) is 78.2 Å². The van der Waals surface area contributed by atoms with E-state index in [-0.39, 0.29) is 37.0 Å². The fourth-order valence-electron chi connectivity index (χ4n) is 0.892. The molecule has 1 N–H and O–H groups in total. The maximum Gasteiger partial charge on any atom is 0.214 e. The Hall–Kier alpha value is 0.0700. The average Bonchev–Trinajstić information content (AvgIpc) is 2.16. The molecule has 0 unspecified atom stereocenters. The van der Waals surface area contributed by atoms with Gasteiger partial charge in [0.2, 0.25) is 20.0 Å². The smallest absolute Gasteiger partial charge is 0.214 e. The van der Waals surface area contributed by atoms with Gasteiger partial charge in [0.05, 0.1) is 11.5 Å². The van der Waals surface area contributed by atoms with Crippen LogP contribution in [0, 0.1) is 0 Å². The summed E-state index contributed by atoms with van der Waals surface area (Å²) < 4.78 is 47.7. The fourth-order valence-corrected chi connectivity index (χ4v) is 2.43. The van der Waals surface area contributed by atoms with E-state index < -0.39 is 20.0 Å². The van der Waals surface area contributed by atoms with Gasteiger partial charge in [0.15, 0.2) is 0 Å². The zero-order chi connectivity index (χ0) is 13.7. The molecule has 0 radical (unpaired) electrons. The van der Waals surface area contributed by atoms with Crippen molar-refractivity contribution in [2.45, 2.75) is 0 Å². The van der Waals surface area contributed by atoms with E-state index in [1.165, 1.54) is 28.2 Å². The van der Waals surface area contributed by atoms with E-state index in [1.54, 1.807) is 0 Å². The third-order valence-corrected chi connectivity index (χ3v) is 5.85. The molecule has 0 rings (SSSR count). The van der Waals surface area contributed by atoms with Gasteiger partial charge in [0, 0.05) is 41.3 Å². The zero-order valence-corrected chi connectivity index (χ0v) is 13.5. The Morgan fingerprint density at radius 2 is 1.06 bits per heavy atom. The van der Waals surface area contributed by atoms with E-state index in [4.69, 9.17) is 0 Å². The Morgan fingerprint density at radius 3 is 1.28 bits per heavy atom. The Balaban J connectivity index is 0. The summed E-state index contributed by atoms with van der Waals surface area (Å²) >= 11 is 0. The molecule has 0 bridgehead atoms. The third-order valence-electron chi connectivity index (χ3n) is 2.19. The van der Waals surface area contributed by atoms with Gasteiger partial charge in [-0.1, -0.05) is 0 Å². The number of nitrogens with zero attached hydrogens (tertiary/aromatic N) is 2. The molecule has 0 saturated carbocycles. The lowest BCUT2D eigenvalue weighted by molar-refractivity contribution is 0.514. The van der Waals surface area contributed by atoms with Gasteiger partial charge in [-0.15, -0.1) is 12.4 Å². The monoisotopic (exact) mass is 323 g/mol. The van der Waals surface area contributed by atoms with Crippen LogP contribution in [0.1, 0.15) is 0 Å². The van der Waals surface area contributed by atoms with Crippen molar-refractivity contribution < 1.29 is 16.8 Å². The van der Waals surface area contributed by atoms with Crippen LogP contribution >= 0.6 is 12.4 Å². The highest BCUT2D eigenvalue weighted by Gasteiger charge is 2.14. The maximum atomic E-state index is 11.4. The van der Waals surface area contributed by atoms with E-state index in [1.807, 2.05) is 0 Å². The number of hydrogen-bond acceptors (Lipinski definition) is 5. The highest BCUT2D eigenvalue weighted by molar-refractivity contribution is 7.89. The number of halogens is 1. The SMILES string of the molecule is CN(C)S(=O)(=O)CCNCCS(=O)(=O)N(C)C.Cl. The molecule has 10 heteroatoms. The first-order chi connectivity index (χ1) is 7.59. The molecule has 0 saturated heterocycles. The number of rotatable bonds is 8. The molecule has 112 valence electrons. The number of nitrogens with one attached hydrogen (secondary N) is 1. The first-order valence-electron chi connectivity index (χ1n) is 5.11. The summed E-state index contributed by atoms with van der Waals surface area (Å²) in [7, 11) is -0.583. The Labute approximate surface area is 116 Å². The molecule has 18 heavy (non-hydrogen) atoms. The van der Waals surface area contributed by atoms with E-state index in [2.05, 4.69) is 5.32 Å².